The molecule has 2 heterocycles. The van der Waals surface area contributed by atoms with Crippen molar-refractivity contribution >= 4 is 43.4 Å². The summed E-state index contributed by atoms with van der Waals surface area (Å²) in [6, 6.07) is 55.1. The first kappa shape index (κ1) is 28.7. The van der Waals surface area contributed by atoms with E-state index in [1.54, 1.807) is 0 Å². The van der Waals surface area contributed by atoms with Gasteiger partial charge in [-0.05, 0) is 57.3 Å². The van der Waals surface area contributed by atoms with Crippen LogP contribution in [0, 0.1) is 0 Å². The maximum absolute atomic E-state index is 5.52. The third-order valence-electron chi connectivity index (χ3n) is 11.8. The molecular formula is C48H35N3. The molecule has 3 nitrogen and oxygen atoms in total. The number of hydrogen-bond acceptors (Lipinski definition) is 2. The molecule has 0 radical (unpaired) electrons. The van der Waals surface area contributed by atoms with Crippen molar-refractivity contribution < 1.29 is 0 Å². The van der Waals surface area contributed by atoms with Gasteiger partial charge in [0, 0.05) is 32.7 Å². The molecule has 2 aliphatic rings. The van der Waals surface area contributed by atoms with Crippen molar-refractivity contribution in [2.75, 3.05) is 0 Å². The van der Waals surface area contributed by atoms with Crippen molar-refractivity contribution in [2.45, 2.75) is 37.5 Å². The molecule has 0 amide bonds. The molecule has 9 aromatic rings. The van der Waals surface area contributed by atoms with Crippen LogP contribution >= 0.6 is 0 Å². The molecular weight excluding hydrogens is 619 g/mol. The molecule has 2 aliphatic carbocycles. The summed E-state index contributed by atoms with van der Waals surface area (Å²) in [7, 11) is 0. The smallest absolute Gasteiger partial charge is 0.235 e. The summed E-state index contributed by atoms with van der Waals surface area (Å²) in [6.45, 7) is 0. The van der Waals surface area contributed by atoms with E-state index in [9.17, 15) is 0 Å². The van der Waals surface area contributed by atoms with E-state index in [2.05, 4.69) is 156 Å². The summed E-state index contributed by atoms with van der Waals surface area (Å²) >= 11 is 0. The summed E-state index contributed by atoms with van der Waals surface area (Å²) in [4.78, 5) is 11.0. The molecule has 0 bridgehead atoms. The summed E-state index contributed by atoms with van der Waals surface area (Å²) in [5.41, 5.74) is 12.1. The van der Waals surface area contributed by atoms with Crippen molar-refractivity contribution in [1.29, 1.82) is 0 Å². The average molecular weight is 654 g/mol. The minimum Gasteiger partial charge on any atom is -0.277 e. The van der Waals surface area contributed by atoms with E-state index in [1.165, 1.54) is 84.9 Å². The minimum absolute atomic E-state index is 0.0757. The fourth-order valence-electron chi connectivity index (χ4n) is 9.65. The second-order valence-electron chi connectivity index (χ2n) is 14.4. The van der Waals surface area contributed by atoms with E-state index < -0.39 is 0 Å². The molecule has 2 aromatic heterocycles. The van der Waals surface area contributed by atoms with Gasteiger partial charge in [0.05, 0.1) is 22.4 Å². The maximum atomic E-state index is 5.52. The van der Waals surface area contributed by atoms with Gasteiger partial charge in [-0.2, -0.15) is 0 Å². The van der Waals surface area contributed by atoms with Crippen LogP contribution < -0.4 is 0 Å². The Hall–Kier alpha value is -6.06. The second-order valence-corrected chi connectivity index (χ2v) is 14.4. The molecule has 242 valence electrons. The molecule has 0 atom stereocenters. The zero-order valence-electron chi connectivity index (χ0n) is 28.3. The molecule has 0 aliphatic heterocycles. The molecule has 1 spiro atoms. The van der Waals surface area contributed by atoms with Crippen LogP contribution in [0.2, 0.25) is 0 Å². The summed E-state index contributed by atoms with van der Waals surface area (Å²) < 4.78 is 2.47. The summed E-state index contributed by atoms with van der Waals surface area (Å²) in [5.74, 6) is 0.714. The third kappa shape index (κ3) is 4.06. The Bertz CT molecular complexity index is 2770. The van der Waals surface area contributed by atoms with Crippen LogP contribution in [-0.2, 0) is 5.41 Å². The SMILES string of the molecule is c1ccc(-c2cc(-c3ccccc3)nc(-n3c4c5c(c6ccccc6c4c4ccc6ccccc6c43)-c3ccccc3C53CCCCC3)n2)cc1. The van der Waals surface area contributed by atoms with Gasteiger partial charge < -0.3 is 0 Å². The highest BCUT2D eigenvalue weighted by atomic mass is 15.2. The minimum atomic E-state index is -0.0757. The average Bonchev–Trinajstić information content (AvgIpc) is 3.70. The predicted octanol–water partition coefficient (Wildman–Crippen LogP) is 12.4. The van der Waals surface area contributed by atoms with Crippen LogP contribution in [0.25, 0.3) is 82.9 Å². The van der Waals surface area contributed by atoms with Gasteiger partial charge in [-0.15, -0.1) is 0 Å². The Morgan fingerprint density at radius 1 is 0.490 bits per heavy atom. The molecule has 3 heteroatoms. The van der Waals surface area contributed by atoms with E-state index in [0.717, 1.165) is 35.4 Å². The molecule has 0 unspecified atom stereocenters. The molecule has 0 saturated heterocycles. The Balaban J connectivity index is 1.39. The zero-order chi connectivity index (χ0) is 33.5. The number of fused-ring (bicyclic) bond motifs is 14. The van der Waals surface area contributed by atoms with Crippen molar-refractivity contribution in [3.63, 3.8) is 0 Å². The van der Waals surface area contributed by atoms with Gasteiger partial charge in [0.2, 0.25) is 5.95 Å². The van der Waals surface area contributed by atoms with Gasteiger partial charge in [0.15, 0.2) is 0 Å². The van der Waals surface area contributed by atoms with E-state index in [4.69, 9.17) is 9.97 Å². The normalized spacial score (nSPS) is 14.8. The van der Waals surface area contributed by atoms with Gasteiger partial charge in [0.25, 0.3) is 0 Å². The molecule has 11 rings (SSSR count). The predicted molar refractivity (Wildman–Crippen MR) is 212 cm³/mol. The van der Waals surface area contributed by atoms with Crippen LogP contribution in [-0.4, -0.2) is 14.5 Å². The largest absolute Gasteiger partial charge is 0.277 e. The first-order valence-corrected chi connectivity index (χ1v) is 18.3. The van der Waals surface area contributed by atoms with Crippen molar-refractivity contribution in [2.24, 2.45) is 0 Å². The topological polar surface area (TPSA) is 30.7 Å². The van der Waals surface area contributed by atoms with E-state index >= 15 is 0 Å². The van der Waals surface area contributed by atoms with Crippen molar-refractivity contribution in [1.82, 2.24) is 14.5 Å². The molecule has 7 aromatic carbocycles. The summed E-state index contributed by atoms with van der Waals surface area (Å²) in [5, 5.41) is 7.61. The molecule has 0 N–H and O–H groups in total. The highest BCUT2D eigenvalue weighted by Crippen LogP contribution is 2.61. The lowest BCUT2D eigenvalue weighted by Crippen LogP contribution is -2.28. The zero-order valence-corrected chi connectivity index (χ0v) is 28.3. The molecule has 1 fully saturated rings. The highest BCUT2D eigenvalue weighted by molar-refractivity contribution is 6.30. The van der Waals surface area contributed by atoms with Crippen molar-refractivity contribution in [3.05, 3.63) is 163 Å². The first-order chi connectivity index (χ1) is 25.3. The number of hydrogen-bond donors (Lipinski definition) is 0. The quantitative estimate of drug-likeness (QED) is 0.190. The molecule has 1 saturated carbocycles. The van der Waals surface area contributed by atoms with Gasteiger partial charge >= 0.3 is 0 Å². The standard InChI is InChI=1S/C48H35N3/c1-4-17-32(18-5-1)40-30-41(33-19-6-2-7-20-33)50-47(49-40)51-45-34-21-9-8-16-31(34)26-27-38(45)43-36-23-11-10-22-35(36)42-37-24-12-13-25-39(37)48(44(42)46(43)51)28-14-3-15-29-48/h1-2,4-13,16-27,30H,3,14-15,28-29H2. The number of aromatic nitrogens is 3. The van der Waals surface area contributed by atoms with Crippen LogP contribution in [0.1, 0.15) is 43.2 Å². The lowest BCUT2D eigenvalue weighted by molar-refractivity contribution is 0.354. The van der Waals surface area contributed by atoms with Crippen LogP contribution in [0.4, 0.5) is 0 Å². The number of benzene rings is 7. The Labute approximate surface area is 296 Å². The highest BCUT2D eigenvalue weighted by Gasteiger charge is 2.47. The summed E-state index contributed by atoms with van der Waals surface area (Å²) in [6.07, 6.45) is 6.03. The lowest BCUT2D eigenvalue weighted by atomic mass is 9.67. The second kappa shape index (κ2) is 11.0. The van der Waals surface area contributed by atoms with E-state index in [0.29, 0.717) is 5.95 Å². The van der Waals surface area contributed by atoms with Gasteiger partial charge in [0.1, 0.15) is 0 Å². The monoisotopic (exact) mass is 653 g/mol. The fourth-order valence-corrected chi connectivity index (χ4v) is 9.65. The Morgan fingerprint density at radius 3 is 1.82 bits per heavy atom. The van der Waals surface area contributed by atoms with Gasteiger partial charge in [-0.1, -0.05) is 165 Å². The first-order valence-electron chi connectivity index (χ1n) is 18.3. The van der Waals surface area contributed by atoms with Gasteiger partial charge in [-0.25, -0.2) is 9.97 Å². The van der Waals surface area contributed by atoms with E-state index in [1.807, 2.05) is 0 Å². The number of nitrogens with zero attached hydrogens (tertiary/aromatic N) is 3. The van der Waals surface area contributed by atoms with E-state index in [-0.39, 0.29) is 5.41 Å². The van der Waals surface area contributed by atoms with Crippen LogP contribution in [0.3, 0.4) is 0 Å². The Morgan fingerprint density at radius 2 is 1.10 bits per heavy atom. The van der Waals surface area contributed by atoms with Gasteiger partial charge in [-0.3, -0.25) is 4.57 Å². The Kier molecular flexibility index (Phi) is 6.18. The van der Waals surface area contributed by atoms with Crippen molar-refractivity contribution in [3.8, 4) is 39.6 Å². The van der Waals surface area contributed by atoms with Crippen LogP contribution in [0.15, 0.2) is 152 Å². The number of rotatable bonds is 3. The third-order valence-corrected chi connectivity index (χ3v) is 11.8. The fraction of sp³-hybridized carbons (Fsp3) is 0.125. The molecule has 51 heavy (non-hydrogen) atoms. The van der Waals surface area contributed by atoms with Crippen LogP contribution in [0.5, 0.6) is 0 Å². The lowest BCUT2D eigenvalue weighted by Gasteiger charge is -2.36. The maximum Gasteiger partial charge on any atom is 0.235 e.